The predicted molar refractivity (Wildman–Crippen MR) is 129 cm³/mol. The molecule has 0 aliphatic rings. The van der Waals surface area contributed by atoms with E-state index in [2.05, 4.69) is 30.8 Å². The monoisotopic (exact) mass is 533 g/mol. The molecule has 0 fully saturated rings. The fraction of sp³-hybridized carbons (Fsp3) is 0.250. The molecule has 0 aliphatic heterocycles. The molecule has 5 N–H and O–H groups in total. The number of anilines is 2. The van der Waals surface area contributed by atoms with Crippen LogP contribution in [0.1, 0.15) is 24.0 Å². The van der Waals surface area contributed by atoms with E-state index < -0.39 is 22.1 Å². The molecule has 2 aromatic heterocycles. The molecule has 0 unspecified atom stereocenters. The van der Waals surface area contributed by atoms with Gasteiger partial charge in [0.15, 0.2) is 5.82 Å². The Kier molecular flexibility index (Phi) is 8.09. The number of carboxylic acids is 2. The Labute approximate surface area is 208 Å². The SMILES string of the molecule is Cc1c(C#N)c(NCCC(=O)O)nc(NCCC(=O)O)c1N=Nc1nc2ccc(S(=O)(=O)O)cc2s1. The molecular formula is C20H19N7O7S2. The van der Waals surface area contributed by atoms with E-state index in [0.29, 0.717) is 15.8 Å². The van der Waals surface area contributed by atoms with E-state index in [9.17, 15) is 27.8 Å². The fourth-order valence-electron chi connectivity index (χ4n) is 2.97. The summed E-state index contributed by atoms with van der Waals surface area (Å²) in [5.74, 6) is -1.87. The molecule has 36 heavy (non-hydrogen) atoms. The summed E-state index contributed by atoms with van der Waals surface area (Å²) in [5.41, 5.74) is 1.01. The summed E-state index contributed by atoms with van der Waals surface area (Å²) in [6.45, 7) is 1.57. The molecule has 0 bridgehead atoms. The van der Waals surface area contributed by atoms with Crippen molar-refractivity contribution in [1.82, 2.24) is 9.97 Å². The van der Waals surface area contributed by atoms with Crippen LogP contribution in [0.3, 0.4) is 0 Å². The maximum absolute atomic E-state index is 11.4. The molecular weight excluding hydrogens is 514 g/mol. The number of pyridine rings is 1. The predicted octanol–water partition coefficient (Wildman–Crippen LogP) is 3.31. The number of aliphatic carboxylic acids is 2. The molecule has 188 valence electrons. The molecule has 0 aliphatic carbocycles. The Morgan fingerprint density at radius 3 is 2.31 bits per heavy atom. The van der Waals surface area contributed by atoms with E-state index in [0.717, 1.165) is 11.3 Å². The average molecular weight is 534 g/mol. The number of nitriles is 1. The minimum Gasteiger partial charge on any atom is -0.481 e. The third kappa shape index (κ3) is 6.47. The van der Waals surface area contributed by atoms with Crippen LogP contribution in [0.4, 0.5) is 22.5 Å². The Hall–Kier alpha value is -4.20. The summed E-state index contributed by atoms with van der Waals surface area (Å²) in [6, 6.07) is 5.85. The molecule has 3 aromatic rings. The normalized spacial score (nSPS) is 11.5. The van der Waals surface area contributed by atoms with Crippen LogP contribution in [0.25, 0.3) is 10.2 Å². The number of benzene rings is 1. The van der Waals surface area contributed by atoms with E-state index >= 15 is 0 Å². The number of azo groups is 1. The van der Waals surface area contributed by atoms with Crippen molar-refractivity contribution in [3.63, 3.8) is 0 Å². The number of rotatable bonds is 11. The number of hydrogen-bond donors (Lipinski definition) is 5. The number of nitrogens with one attached hydrogen (secondary N) is 2. The highest BCUT2D eigenvalue weighted by atomic mass is 32.2. The molecule has 0 amide bonds. The highest BCUT2D eigenvalue weighted by Gasteiger charge is 2.18. The minimum atomic E-state index is -4.39. The third-order valence-electron chi connectivity index (χ3n) is 4.67. The van der Waals surface area contributed by atoms with Crippen molar-refractivity contribution in [2.75, 3.05) is 23.7 Å². The molecule has 0 saturated carbocycles. The first kappa shape index (κ1) is 26.4. The minimum absolute atomic E-state index is 0.00311. The molecule has 1 aromatic carbocycles. The standard InChI is InChI=1S/C20H19N7O7S2/c1-10-12(9-21)18(22-6-4-15(28)29)25-19(23-7-5-16(30)31)17(10)26-27-20-24-13-3-2-11(36(32,33)34)8-14(13)35-20/h2-3,8H,4-7H2,1H3,(H,28,29)(H,30,31)(H2,22,23,25)(H,32,33,34). The molecule has 2 heterocycles. The van der Waals surface area contributed by atoms with Gasteiger partial charge in [-0.15, -0.1) is 10.2 Å². The first-order chi connectivity index (χ1) is 17.0. The highest BCUT2D eigenvalue weighted by Crippen LogP contribution is 2.36. The van der Waals surface area contributed by atoms with Crippen LogP contribution in [0, 0.1) is 18.3 Å². The molecule has 0 saturated heterocycles. The van der Waals surface area contributed by atoms with Crippen LogP contribution < -0.4 is 10.6 Å². The molecule has 14 nitrogen and oxygen atoms in total. The summed E-state index contributed by atoms with van der Waals surface area (Å²) in [6.07, 6.45) is -0.446. The second kappa shape index (κ2) is 11.0. The average Bonchev–Trinajstić information content (AvgIpc) is 3.20. The first-order valence-corrected chi connectivity index (χ1v) is 12.4. The zero-order valence-electron chi connectivity index (χ0n) is 18.6. The van der Waals surface area contributed by atoms with Crippen LogP contribution in [-0.2, 0) is 19.7 Å². The maximum Gasteiger partial charge on any atom is 0.305 e. The molecule has 0 atom stereocenters. The van der Waals surface area contributed by atoms with Gasteiger partial charge in [-0.3, -0.25) is 14.1 Å². The largest absolute Gasteiger partial charge is 0.481 e. The van der Waals surface area contributed by atoms with Crippen molar-refractivity contribution in [3.8, 4) is 6.07 Å². The van der Waals surface area contributed by atoms with Crippen molar-refractivity contribution in [3.05, 3.63) is 29.3 Å². The number of nitrogens with zero attached hydrogens (tertiary/aromatic N) is 5. The summed E-state index contributed by atoms with van der Waals surface area (Å²) in [5, 5.41) is 41.5. The molecule has 0 spiro atoms. The fourth-order valence-corrected chi connectivity index (χ4v) is 4.38. The zero-order chi connectivity index (χ0) is 26.5. The molecule has 16 heteroatoms. The third-order valence-corrected chi connectivity index (χ3v) is 6.42. The van der Waals surface area contributed by atoms with Crippen LogP contribution in [0.15, 0.2) is 33.3 Å². The van der Waals surface area contributed by atoms with Gasteiger partial charge >= 0.3 is 11.9 Å². The lowest BCUT2D eigenvalue weighted by molar-refractivity contribution is -0.137. The van der Waals surface area contributed by atoms with Crippen LogP contribution in [0.2, 0.25) is 0 Å². The van der Waals surface area contributed by atoms with Gasteiger partial charge in [0.2, 0.25) is 5.13 Å². The number of hydrogen-bond acceptors (Lipinski definition) is 12. The number of thiazole rings is 1. The van der Waals surface area contributed by atoms with Gasteiger partial charge in [-0.2, -0.15) is 13.7 Å². The lowest BCUT2D eigenvalue weighted by atomic mass is 10.1. The quantitative estimate of drug-likeness (QED) is 0.177. The summed E-state index contributed by atoms with van der Waals surface area (Å²) in [4.78, 5) is 30.0. The van der Waals surface area contributed by atoms with Gasteiger partial charge in [-0.05, 0) is 25.1 Å². The maximum atomic E-state index is 11.4. The van der Waals surface area contributed by atoms with Gasteiger partial charge in [0.25, 0.3) is 10.1 Å². The Morgan fingerprint density at radius 2 is 1.72 bits per heavy atom. The highest BCUT2D eigenvalue weighted by molar-refractivity contribution is 7.85. The summed E-state index contributed by atoms with van der Waals surface area (Å²) >= 11 is 1.01. The van der Waals surface area contributed by atoms with Crippen LogP contribution >= 0.6 is 11.3 Å². The van der Waals surface area contributed by atoms with Gasteiger partial charge in [-0.25, -0.2) is 9.97 Å². The first-order valence-electron chi connectivity index (χ1n) is 10.2. The topological polar surface area (TPSA) is 227 Å². The Balaban J connectivity index is 2.00. The van der Waals surface area contributed by atoms with E-state index in [-0.39, 0.29) is 58.8 Å². The van der Waals surface area contributed by atoms with Crippen molar-refractivity contribution in [1.29, 1.82) is 5.26 Å². The van der Waals surface area contributed by atoms with Crippen molar-refractivity contribution in [2.45, 2.75) is 24.7 Å². The number of fused-ring (bicyclic) bond motifs is 1. The molecule has 0 radical (unpaired) electrons. The molecule has 3 rings (SSSR count). The Bertz CT molecular complexity index is 1510. The zero-order valence-corrected chi connectivity index (χ0v) is 20.2. The summed E-state index contributed by atoms with van der Waals surface area (Å²) in [7, 11) is -4.39. The lowest BCUT2D eigenvalue weighted by Crippen LogP contribution is -2.13. The van der Waals surface area contributed by atoms with Crippen molar-refractivity contribution < 1.29 is 32.8 Å². The van der Waals surface area contributed by atoms with E-state index in [4.69, 9.17) is 10.2 Å². The number of carbonyl (C=O) groups is 2. The van der Waals surface area contributed by atoms with Crippen molar-refractivity contribution in [2.24, 2.45) is 10.2 Å². The smallest absolute Gasteiger partial charge is 0.305 e. The van der Waals surface area contributed by atoms with Gasteiger partial charge in [0.05, 0.1) is 33.5 Å². The van der Waals surface area contributed by atoms with Gasteiger partial charge in [0.1, 0.15) is 17.6 Å². The van der Waals surface area contributed by atoms with Crippen molar-refractivity contribution >= 4 is 66.1 Å². The second-order valence-electron chi connectivity index (χ2n) is 7.21. The number of carboxylic acid groups (broad SMARTS) is 2. The Morgan fingerprint density at radius 1 is 1.08 bits per heavy atom. The van der Waals surface area contributed by atoms with E-state index in [1.54, 1.807) is 6.92 Å². The van der Waals surface area contributed by atoms with Gasteiger partial charge in [0, 0.05) is 18.7 Å². The number of aromatic nitrogens is 2. The van der Waals surface area contributed by atoms with Gasteiger partial charge in [-0.1, -0.05) is 11.3 Å². The second-order valence-corrected chi connectivity index (χ2v) is 9.64. The van der Waals surface area contributed by atoms with Gasteiger partial charge < -0.3 is 20.8 Å². The van der Waals surface area contributed by atoms with E-state index in [1.165, 1.54) is 18.2 Å². The van der Waals surface area contributed by atoms with Crippen LogP contribution in [-0.4, -0.2) is 58.2 Å². The van der Waals surface area contributed by atoms with Crippen LogP contribution in [0.5, 0.6) is 0 Å². The summed E-state index contributed by atoms with van der Waals surface area (Å²) < 4.78 is 32.4. The lowest BCUT2D eigenvalue weighted by Gasteiger charge is -2.15. The van der Waals surface area contributed by atoms with E-state index in [1.807, 2.05) is 6.07 Å².